The quantitative estimate of drug-likeness (QED) is 0.403. The number of ether oxygens (including phenoxy) is 2. The van der Waals surface area contributed by atoms with Crippen LogP contribution in [0.5, 0.6) is 0 Å². The van der Waals surface area contributed by atoms with Gasteiger partial charge in [-0.25, -0.2) is 9.59 Å². The van der Waals surface area contributed by atoms with Crippen LogP contribution in [0.1, 0.15) is 38.9 Å². The summed E-state index contributed by atoms with van der Waals surface area (Å²) in [6, 6.07) is 7.55. The van der Waals surface area contributed by atoms with E-state index in [0.717, 1.165) is 0 Å². The zero-order chi connectivity index (χ0) is 23.5. The van der Waals surface area contributed by atoms with E-state index in [9.17, 15) is 22.8 Å². The lowest BCUT2D eigenvalue weighted by molar-refractivity contribution is -0.176. The smallest absolute Gasteiger partial charge is 0.386 e. The van der Waals surface area contributed by atoms with Crippen LogP contribution < -0.4 is 0 Å². The van der Waals surface area contributed by atoms with Crippen LogP contribution in [0.3, 0.4) is 0 Å². The Morgan fingerprint density at radius 2 is 1.84 bits per heavy atom. The average molecular weight is 450 g/mol. The summed E-state index contributed by atoms with van der Waals surface area (Å²) in [7, 11) is 1.65. The fraction of sp³-hybridized carbons (Fsp3) is 0.333. The van der Waals surface area contributed by atoms with Gasteiger partial charge >= 0.3 is 18.1 Å². The molecule has 0 N–H and O–H groups in total. The minimum Gasteiger partial charge on any atom is -0.386 e. The third-order valence-electron chi connectivity index (χ3n) is 4.63. The molecule has 2 aromatic heterocycles. The number of halogens is 3. The van der Waals surface area contributed by atoms with E-state index >= 15 is 0 Å². The molecule has 3 aromatic rings. The van der Waals surface area contributed by atoms with Gasteiger partial charge in [0.15, 0.2) is 0 Å². The average Bonchev–Trinajstić information content (AvgIpc) is 3.30. The molecule has 170 valence electrons. The molecule has 0 amide bonds. The maximum absolute atomic E-state index is 12.9. The van der Waals surface area contributed by atoms with E-state index < -0.39 is 31.3 Å². The highest BCUT2D eigenvalue weighted by Gasteiger charge is 2.29. The van der Waals surface area contributed by atoms with Crippen molar-refractivity contribution in [2.24, 2.45) is 7.05 Å². The second kappa shape index (κ2) is 9.35. The molecule has 0 radical (unpaired) electrons. The third kappa shape index (κ3) is 5.05. The lowest BCUT2D eigenvalue weighted by Crippen LogP contribution is -2.19. The predicted octanol–water partition coefficient (Wildman–Crippen LogP) is 3.69. The topological polar surface area (TPSA) is 88.2 Å². The summed E-state index contributed by atoms with van der Waals surface area (Å²) in [5.41, 5.74) is 1.61. The molecule has 0 aliphatic rings. The van der Waals surface area contributed by atoms with Crippen LogP contribution in [0.4, 0.5) is 13.2 Å². The Kier molecular flexibility index (Phi) is 6.78. The van der Waals surface area contributed by atoms with Crippen molar-refractivity contribution in [2.75, 3.05) is 6.61 Å². The van der Waals surface area contributed by atoms with Crippen molar-refractivity contribution in [2.45, 2.75) is 33.2 Å². The fourth-order valence-corrected chi connectivity index (χ4v) is 3.29. The highest BCUT2D eigenvalue weighted by Crippen LogP contribution is 2.27. The number of aromatic nitrogens is 4. The maximum atomic E-state index is 12.9. The van der Waals surface area contributed by atoms with Gasteiger partial charge in [0, 0.05) is 19.8 Å². The normalized spacial score (nSPS) is 11.6. The first-order chi connectivity index (χ1) is 15.1. The van der Waals surface area contributed by atoms with Crippen molar-refractivity contribution >= 4 is 11.9 Å². The van der Waals surface area contributed by atoms with Gasteiger partial charge in [-0.05, 0) is 31.5 Å². The predicted molar refractivity (Wildman–Crippen MR) is 107 cm³/mol. The number of carbonyl (C=O) groups excluding carboxylic acids is 2. The maximum Gasteiger partial charge on any atom is 0.411 e. The van der Waals surface area contributed by atoms with Gasteiger partial charge in [-0.2, -0.15) is 23.4 Å². The van der Waals surface area contributed by atoms with Crippen LogP contribution in [0.25, 0.3) is 11.4 Å². The molecule has 3 rings (SSSR count). The SMILES string of the molecule is CCn1nccc1-c1c(C(=O)OC(=O)c2ccccc2COCC(F)(F)F)c(C)nn1C. The number of hydrogen-bond donors (Lipinski definition) is 0. The Morgan fingerprint density at radius 1 is 1.12 bits per heavy atom. The van der Waals surface area contributed by atoms with Crippen LogP contribution >= 0.6 is 0 Å². The van der Waals surface area contributed by atoms with Crippen molar-refractivity contribution in [3.63, 3.8) is 0 Å². The molecule has 2 heterocycles. The van der Waals surface area contributed by atoms with Gasteiger partial charge in [-0.15, -0.1) is 0 Å². The summed E-state index contributed by atoms with van der Waals surface area (Å²) >= 11 is 0. The molecule has 0 unspecified atom stereocenters. The number of carbonyl (C=O) groups is 2. The molecule has 0 saturated carbocycles. The monoisotopic (exact) mass is 450 g/mol. The summed E-state index contributed by atoms with van der Waals surface area (Å²) in [5, 5.41) is 8.45. The fourth-order valence-electron chi connectivity index (χ4n) is 3.29. The van der Waals surface area contributed by atoms with E-state index in [1.807, 2.05) is 6.92 Å². The zero-order valence-electron chi connectivity index (χ0n) is 17.6. The van der Waals surface area contributed by atoms with E-state index in [-0.39, 0.29) is 16.7 Å². The summed E-state index contributed by atoms with van der Waals surface area (Å²) in [6.45, 7) is 2.12. The molecule has 1 aromatic carbocycles. The highest BCUT2D eigenvalue weighted by atomic mass is 19.4. The Balaban J connectivity index is 1.85. The highest BCUT2D eigenvalue weighted by molar-refractivity contribution is 6.06. The molecule has 8 nitrogen and oxygen atoms in total. The number of nitrogens with zero attached hydrogens (tertiary/aromatic N) is 4. The number of esters is 2. The van der Waals surface area contributed by atoms with Gasteiger partial charge < -0.3 is 9.47 Å². The van der Waals surface area contributed by atoms with Crippen molar-refractivity contribution in [1.29, 1.82) is 0 Å². The van der Waals surface area contributed by atoms with Crippen LogP contribution in [0.2, 0.25) is 0 Å². The second-order valence-corrected chi connectivity index (χ2v) is 6.91. The van der Waals surface area contributed by atoms with E-state index in [4.69, 9.17) is 4.74 Å². The molecular weight excluding hydrogens is 429 g/mol. The molecule has 0 aliphatic carbocycles. The van der Waals surface area contributed by atoms with Gasteiger partial charge in [0.2, 0.25) is 0 Å². The summed E-state index contributed by atoms with van der Waals surface area (Å²) in [6.07, 6.45) is -2.91. The largest absolute Gasteiger partial charge is 0.411 e. The van der Waals surface area contributed by atoms with Crippen LogP contribution in [0.15, 0.2) is 36.5 Å². The summed E-state index contributed by atoms with van der Waals surface area (Å²) in [4.78, 5) is 25.6. The number of aryl methyl sites for hydroxylation is 3. The molecule has 0 fully saturated rings. The number of hydrogen-bond acceptors (Lipinski definition) is 6. The van der Waals surface area contributed by atoms with Gasteiger partial charge in [-0.1, -0.05) is 18.2 Å². The van der Waals surface area contributed by atoms with Gasteiger partial charge in [0.1, 0.15) is 17.9 Å². The van der Waals surface area contributed by atoms with E-state index in [2.05, 4.69) is 14.9 Å². The first kappa shape index (κ1) is 23.2. The van der Waals surface area contributed by atoms with E-state index in [1.54, 1.807) is 37.0 Å². The summed E-state index contributed by atoms with van der Waals surface area (Å²) in [5.74, 6) is -1.93. The number of benzene rings is 1. The molecule has 0 spiro atoms. The Morgan fingerprint density at radius 3 is 2.53 bits per heavy atom. The standard InChI is InChI=1S/C21H21F3N4O4/c1-4-28-16(9-10-25-28)18-17(13(2)26-27(18)3)20(30)32-19(29)15-8-6-5-7-14(15)11-31-12-21(22,23)24/h5-10H,4,11-12H2,1-3H3. The second-order valence-electron chi connectivity index (χ2n) is 6.91. The molecule has 0 aliphatic heterocycles. The van der Waals surface area contributed by atoms with Crippen molar-refractivity contribution in [3.8, 4) is 11.4 Å². The van der Waals surface area contributed by atoms with Gasteiger partial charge in [0.05, 0.1) is 23.6 Å². The third-order valence-corrected chi connectivity index (χ3v) is 4.63. The number of alkyl halides is 3. The van der Waals surface area contributed by atoms with Gasteiger partial charge in [-0.3, -0.25) is 9.36 Å². The molecule has 0 saturated heterocycles. The van der Waals surface area contributed by atoms with Crippen molar-refractivity contribution < 1.29 is 32.2 Å². The van der Waals surface area contributed by atoms with Crippen LogP contribution in [0, 0.1) is 6.92 Å². The molecule has 0 atom stereocenters. The number of rotatable bonds is 7. The molecule has 0 bridgehead atoms. The van der Waals surface area contributed by atoms with Crippen LogP contribution in [-0.4, -0.2) is 44.3 Å². The van der Waals surface area contributed by atoms with E-state index in [1.165, 1.54) is 22.9 Å². The minimum absolute atomic E-state index is 0.0651. The summed E-state index contributed by atoms with van der Waals surface area (Å²) < 4.78 is 49.9. The Labute approximate surface area is 181 Å². The minimum atomic E-state index is -4.50. The Bertz CT molecular complexity index is 1130. The lowest BCUT2D eigenvalue weighted by atomic mass is 10.1. The first-order valence-electron chi connectivity index (χ1n) is 9.67. The van der Waals surface area contributed by atoms with Crippen molar-refractivity contribution in [3.05, 3.63) is 58.9 Å². The molecule has 11 heteroatoms. The first-order valence-corrected chi connectivity index (χ1v) is 9.67. The lowest BCUT2D eigenvalue weighted by Gasteiger charge is -2.11. The van der Waals surface area contributed by atoms with E-state index in [0.29, 0.717) is 23.6 Å². The van der Waals surface area contributed by atoms with Gasteiger partial charge in [0.25, 0.3) is 0 Å². The molecule has 32 heavy (non-hydrogen) atoms. The zero-order valence-corrected chi connectivity index (χ0v) is 17.6. The van der Waals surface area contributed by atoms with Crippen molar-refractivity contribution in [1.82, 2.24) is 19.6 Å². The molecular formula is C21H21F3N4O4. The Hall–Kier alpha value is -3.47. The van der Waals surface area contributed by atoms with Crippen LogP contribution in [-0.2, 0) is 29.7 Å².